The van der Waals surface area contributed by atoms with E-state index in [1.54, 1.807) is 0 Å². The lowest BCUT2D eigenvalue weighted by Gasteiger charge is -2.12. The molecule has 1 aromatic carbocycles. The number of amides is 1. The van der Waals surface area contributed by atoms with Crippen molar-refractivity contribution in [1.29, 1.82) is 0 Å². The summed E-state index contributed by atoms with van der Waals surface area (Å²) >= 11 is 0. The SMILES string of the molecule is CCn1cc(CNc2ccccc2OCCC(N)=O)cn1. The number of aryl methyl sites for hydroxylation is 1. The molecule has 0 atom stereocenters. The summed E-state index contributed by atoms with van der Waals surface area (Å²) in [4.78, 5) is 10.7. The number of hydrogen-bond acceptors (Lipinski definition) is 4. The van der Waals surface area contributed by atoms with Crippen LogP contribution in [0, 0.1) is 0 Å². The van der Waals surface area contributed by atoms with Crippen molar-refractivity contribution in [3.8, 4) is 5.75 Å². The number of anilines is 1. The average molecular weight is 288 g/mol. The number of aromatic nitrogens is 2. The van der Waals surface area contributed by atoms with E-state index in [0.29, 0.717) is 12.3 Å². The van der Waals surface area contributed by atoms with E-state index < -0.39 is 0 Å². The Labute approximate surface area is 123 Å². The number of carbonyl (C=O) groups is 1. The number of hydrogen-bond donors (Lipinski definition) is 2. The predicted molar refractivity (Wildman–Crippen MR) is 81.0 cm³/mol. The Hall–Kier alpha value is -2.50. The molecule has 6 heteroatoms. The summed E-state index contributed by atoms with van der Waals surface area (Å²) in [6.07, 6.45) is 4.05. The van der Waals surface area contributed by atoms with Gasteiger partial charge < -0.3 is 15.8 Å². The van der Waals surface area contributed by atoms with Gasteiger partial charge in [-0.1, -0.05) is 12.1 Å². The van der Waals surface area contributed by atoms with Crippen LogP contribution in [-0.2, 0) is 17.9 Å². The van der Waals surface area contributed by atoms with Gasteiger partial charge in [-0.25, -0.2) is 0 Å². The molecule has 1 heterocycles. The van der Waals surface area contributed by atoms with E-state index >= 15 is 0 Å². The Balaban J connectivity index is 1.94. The number of rotatable bonds is 8. The second-order valence-corrected chi connectivity index (χ2v) is 4.62. The molecular weight excluding hydrogens is 268 g/mol. The average Bonchev–Trinajstić information content (AvgIpc) is 2.94. The third-order valence-corrected chi connectivity index (χ3v) is 2.99. The quantitative estimate of drug-likeness (QED) is 0.775. The molecule has 112 valence electrons. The summed E-state index contributed by atoms with van der Waals surface area (Å²) in [5.41, 5.74) is 7.08. The van der Waals surface area contributed by atoms with Gasteiger partial charge in [0.15, 0.2) is 0 Å². The first-order chi connectivity index (χ1) is 10.2. The third-order valence-electron chi connectivity index (χ3n) is 2.99. The highest BCUT2D eigenvalue weighted by Gasteiger charge is 2.04. The highest BCUT2D eigenvalue weighted by molar-refractivity contribution is 5.73. The zero-order valence-electron chi connectivity index (χ0n) is 12.1. The monoisotopic (exact) mass is 288 g/mol. The van der Waals surface area contributed by atoms with E-state index in [2.05, 4.69) is 10.4 Å². The molecule has 0 aliphatic rings. The Bertz CT molecular complexity index is 595. The minimum absolute atomic E-state index is 0.206. The standard InChI is InChI=1S/C15H20N4O2/c1-2-19-11-12(10-18-19)9-17-13-5-3-4-6-14(13)21-8-7-15(16)20/h3-6,10-11,17H,2,7-9H2,1H3,(H2,16,20). The number of ether oxygens (including phenoxy) is 1. The molecule has 0 fully saturated rings. The molecule has 0 aliphatic heterocycles. The van der Waals surface area contributed by atoms with Crippen LogP contribution in [0.15, 0.2) is 36.7 Å². The van der Waals surface area contributed by atoms with Gasteiger partial charge in [-0.05, 0) is 19.1 Å². The van der Waals surface area contributed by atoms with Crippen LogP contribution in [0.1, 0.15) is 18.9 Å². The van der Waals surface area contributed by atoms with Crippen molar-refractivity contribution in [2.45, 2.75) is 26.4 Å². The Morgan fingerprint density at radius 3 is 2.95 bits per heavy atom. The van der Waals surface area contributed by atoms with Crippen molar-refractivity contribution in [1.82, 2.24) is 9.78 Å². The van der Waals surface area contributed by atoms with Gasteiger partial charge in [-0.15, -0.1) is 0 Å². The molecule has 0 radical (unpaired) electrons. The van der Waals surface area contributed by atoms with Gasteiger partial charge in [0.2, 0.25) is 5.91 Å². The molecule has 1 amide bonds. The lowest BCUT2D eigenvalue weighted by atomic mass is 10.2. The fraction of sp³-hybridized carbons (Fsp3) is 0.333. The van der Waals surface area contributed by atoms with Crippen molar-refractivity contribution in [2.24, 2.45) is 5.73 Å². The highest BCUT2D eigenvalue weighted by Crippen LogP contribution is 2.24. The second kappa shape index (κ2) is 7.33. The maximum absolute atomic E-state index is 10.7. The number of carbonyl (C=O) groups excluding carboxylic acids is 1. The predicted octanol–water partition coefficient (Wildman–Crippen LogP) is 1.77. The van der Waals surface area contributed by atoms with Crippen molar-refractivity contribution in [3.63, 3.8) is 0 Å². The largest absolute Gasteiger partial charge is 0.491 e. The van der Waals surface area contributed by atoms with Gasteiger partial charge in [0.1, 0.15) is 5.75 Å². The lowest BCUT2D eigenvalue weighted by Crippen LogP contribution is -2.15. The summed E-state index contributed by atoms with van der Waals surface area (Å²) in [5, 5.41) is 7.54. The van der Waals surface area contributed by atoms with Crippen LogP contribution < -0.4 is 15.8 Å². The topological polar surface area (TPSA) is 82.2 Å². The number of nitrogens with one attached hydrogen (secondary N) is 1. The summed E-state index contributed by atoms with van der Waals surface area (Å²) in [7, 11) is 0. The van der Waals surface area contributed by atoms with E-state index in [-0.39, 0.29) is 18.9 Å². The maximum atomic E-state index is 10.7. The molecule has 2 rings (SSSR count). The molecule has 0 aliphatic carbocycles. The lowest BCUT2D eigenvalue weighted by molar-refractivity contribution is -0.118. The Kier molecular flexibility index (Phi) is 5.20. The molecule has 0 saturated carbocycles. The maximum Gasteiger partial charge on any atom is 0.220 e. The van der Waals surface area contributed by atoms with Crippen LogP contribution in [0.2, 0.25) is 0 Å². The zero-order valence-corrected chi connectivity index (χ0v) is 12.1. The summed E-state index contributed by atoms with van der Waals surface area (Å²) in [6, 6.07) is 7.61. The fourth-order valence-corrected chi connectivity index (χ4v) is 1.87. The van der Waals surface area contributed by atoms with Gasteiger partial charge in [-0.3, -0.25) is 9.48 Å². The minimum atomic E-state index is -0.368. The van der Waals surface area contributed by atoms with E-state index in [9.17, 15) is 4.79 Å². The number of primary amides is 1. The molecule has 2 aromatic rings. The van der Waals surface area contributed by atoms with Crippen LogP contribution in [-0.4, -0.2) is 22.3 Å². The Morgan fingerprint density at radius 1 is 1.43 bits per heavy atom. The first-order valence-corrected chi connectivity index (χ1v) is 6.94. The van der Waals surface area contributed by atoms with E-state index in [1.165, 1.54) is 0 Å². The molecule has 0 spiro atoms. The first-order valence-electron chi connectivity index (χ1n) is 6.94. The number of nitrogens with two attached hydrogens (primary N) is 1. The summed E-state index contributed by atoms with van der Waals surface area (Å²) < 4.78 is 7.46. The minimum Gasteiger partial charge on any atom is -0.491 e. The first kappa shape index (κ1) is 14.9. The molecule has 3 N–H and O–H groups in total. The highest BCUT2D eigenvalue weighted by atomic mass is 16.5. The van der Waals surface area contributed by atoms with Crippen LogP contribution in [0.5, 0.6) is 5.75 Å². The van der Waals surface area contributed by atoms with E-state index in [0.717, 1.165) is 17.8 Å². The zero-order chi connectivity index (χ0) is 15.1. The van der Waals surface area contributed by atoms with Crippen molar-refractivity contribution >= 4 is 11.6 Å². The van der Waals surface area contributed by atoms with Crippen LogP contribution >= 0.6 is 0 Å². The number of benzene rings is 1. The second-order valence-electron chi connectivity index (χ2n) is 4.62. The van der Waals surface area contributed by atoms with E-state index in [1.807, 2.05) is 48.3 Å². The van der Waals surface area contributed by atoms with E-state index in [4.69, 9.17) is 10.5 Å². The normalized spacial score (nSPS) is 10.3. The van der Waals surface area contributed by atoms with Crippen LogP contribution in [0.3, 0.4) is 0 Å². The summed E-state index contributed by atoms with van der Waals surface area (Å²) in [5.74, 6) is 0.342. The molecule has 6 nitrogen and oxygen atoms in total. The van der Waals surface area contributed by atoms with Crippen molar-refractivity contribution in [3.05, 3.63) is 42.2 Å². The van der Waals surface area contributed by atoms with Gasteiger partial charge in [0.25, 0.3) is 0 Å². The third kappa shape index (κ3) is 4.52. The van der Waals surface area contributed by atoms with Gasteiger partial charge in [-0.2, -0.15) is 5.10 Å². The van der Waals surface area contributed by atoms with Crippen molar-refractivity contribution < 1.29 is 9.53 Å². The molecule has 21 heavy (non-hydrogen) atoms. The number of nitrogens with zero attached hydrogens (tertiary/aromatic N) is 2. The smallest absolute Gasteiger partial charge is 0.220 e. The molecule has 0 unspecified atom stereocenters. The summed E-state index contributed by atoms with van der Waals surface area (Å²) in [6.45, 7) is 3.84. The number of para-hydroxylation sites is 2. The molecule has 1 aromatic heterocycles. The Morgan fingerprint density at radius 2 is 2.24 bits per heavy atom. The molecule has 0 saturated heterocycles. The molecule has 0 bridgehead atoms. The van der Waals surface area contributed by atoms with Gasteiger partial charge in [0, 0.05) is 24.8 Å². The van der Waals surface area contributed by atoms with Gasteiger partial charge >= 0.3 is 0 Å². The fourth-order valence-electron chi connectivity index (χ4n) is 1.87. The van der Waals surface area contributed by atoms with Gasteiger partial charge in [0.05, 0.1) is 24.9 Å². The van der Waals surface area contributed by atoms with Crippen LogP contribution in [0.25, 0.3) is 0 Å². The van der Waals surface area contributed by atoms with Crippen molar-refractivity contribution in [2.75, 3.05) is 11.9 Å². The van der Waals surface area contributed by atoms with Crippen LogP contribution in [0.4, 0.5) is 5.69 Å². The molecular formula is C15H20N4O2.